The smallest absolute Gasteiger partial charge is 0.262 e. The predicted octanol–water partition coefficient (Wildman–Crippen LogP) is 4.85. The second-order valence-corrected chi connectivity index (χ2v) is 11.0. The molecule has 32 heavy (non-hydrogen) atoms. The minimum absolute atomic E-state index is 0.00609. The molecular weight excluding hydrogens is 458 g/mol. The zero-order valence-corrected chi connectivity index (χ0v) is 20.3. The second kappa shape index (κ2) is 8.84. The quantitative estimate of drug-likeness (QED) is 0.316. The van der Waals surface area contributed by atoms with Crippen molar-refractivity contribution in [2.45, 2.75) is 37.4 Å². The number of benzene rings is 1. The number of nitrogens with zero attached hydrogens (tertiary/aromatic N) is 2. The fraction of sp³-hybridized carbons (Fsp3) is 0.292. The Labute approximate surface area is 198 Å². The van der Waals surface area contributed by atoms with Gasteiger partial charge in [-0.05, 0) is 48.8 Å². The van der Waals surface area contributed by atoms with E-state index < -0.39 is 0 Å². The van der Waals surface area contributed by atoms with Crippen molar-refractivity contribution < 1.29 is 4.79 Å². The highest BCUT2D eigenvalue weighted by Gasteiger charge is 2.23. The van der Waals surface area contributed by atoms with Crippen LogP contribution in [0.5, 0.6) is 0 Å². The van der Waals surface area contributed by atoms with E-state index in [0.29, 0.717) is 5.16 Å². The SMILES string of the molecule is Cc1ccc(C(NC(=O)CSc2nc3sc4c(c3c(=O)n2C)CCC4)c2cccs2)cc1. The maximum atomic E-state index is 13.0. The number of fused-ring (bicyclic) bond motifs is 3. The second-order valence-electron chi connectivity index (χ2n) is 8.01. The van der Waals surface area contributed by atoms with Crippen LogP contribution in [0.2, 0.25) is 0 Å². The summed E-state index contributed by atoms with van der Waals surface area (Å²) >= 11 is 4.57. The van der Waals surface area contributed by atoms with Crippen LogP contribution in [-0.4, -0.2) is 21.2 Å². The summed E-state index contributed by atoms with van der Waals surface area (Å²) in [5.74, 6) is 0.113. The number of aromatic nitrogens is 2. The summed E-state index contributed by atoms with van der Waals surface area (Å²) in [5.41, 5.74) is 3.41. The summed E-state index contributed by atoms with van der Waals surface area (Å²) in [6.45, 7) is 2.05. The number of amides is 1. The van der Waals surface area contributed by atoms with Gasteiger partial charge in [-0.15, -0.1) is 22.7 Å². The lowest BCUT2D eigenvalue weighted by Gasteiger charge is -2.18. The first-order chi connectivity index (χ1) is 15.5. The van der Waals surface area contributed by atoms with E-state index in [-0.39, 0.29) is 23.3 Å². The molecule has 3 heterocycles. The van der Waals surface area contributed by atoms with Gasteiger partial charge in [0.1, 0.15) is 4.83 Å². The molecular formula is C24H23N3O2S3. The molecule has 0 spiro atoms. The van der Waals surface area contributed by atoms with Crippen molar-refractivity contribution in [3.8, 4) is 0 Å². The molecule has 0 saturated heterocycles. The van der Waals surface area contributed by atoms with Gasteiger partial charge in [0.05, 0.1) is 17.2 Å². The topological polar surface area (TPSA) is 64.0 Å². The Hall–Kier alpha value is -2.42. The van der Waals surface area contributed by atoms with E-state index in [4.69, 9.17) is 4.98 Å². The molecule has 3 aromatic heterocycles. The average molecular weight is 482 g/mol. The molecule has 1 atom stereocenters. The summed E-state index contributed by atoms with van der Waals surface area (Å²) in [6, 6.07) is 12.1. The van der Waals surface area contributed by atoms with Crippen LogP contribution >= 0.6 is 34.4 Å². The Morgan fingerprint density at radius 1 is 1.25 bits per heavy atom. The van der Waals surface area contributed by atoms with Gasteiger partial charge < -0.3 is 5.32 Å². The minimum Gasteiger partial charge on any atom is -0.344 e. The molecule has 164 valence electrons. The summed E-state index contributed by atoms with van der Waals surface area (Å²) < 4.78 is 1.59. The van der Waals surface area contributed by atoms with Crippen LogP contribution in [0.3, 0.4) is 0 Å². The monoisotopic (exact) mass is 481 g/mol. The number of aryl methyl sites for hydroxylation is 3. The van der Waals surface area contributed by atoms with Crippen LogP contribution in [-0.2, 0) is 24.7 Å². The highest BCUT2D eigenvalue weighted by Crippen LogP contribution is 2.35. The largest absolute Gasteiger partial charge is 0.344 e. The normalized spacial score (nSPS) is 13.9. The van der Waals surface area contributed by atoms with Gasteiger partial charge in [0.25, 0.3) is 5.56 Å². The van der Waals surface area contributed by atoms with Gasteiger partial charge in [-0.2, -0.15) is 0 Å². The van der Waals surface area contributed by atoms with E-state index in [1.807, 2.05) is 17.5 Å². The molecule has 0 saturated carbocycles. The van der Waals surface area contributed by atoms with Crippen LogP contribution in [0.15, 0.2) is 51.7 Å². The molecule has 1 N–H and O–H groups in total. The van der Waals surface area contributed by atoms with E-state index in [1.165, 1.54) is 27.8 Å². The summed E-state index contributed by atoms with van der Waals surface area (Å²) in [5, 5.41) is 6.54. The lowest BCUT2D eigenvalue weighted by Crippen LogP contribution is -2.30. The number of thiophene rings is 2. The standard InChI is InChI=1S/C24H23N3O2S3/c1-14-8-10-15(11-9-14)21(18-7-4-12-30-18)25-19(28)13-31-24-26-22-20(23(29)27(24)2)16-5-3-6-17(16)32-22/h4,7-12,21H,3,5-6,13H2,1-2H3,(H,25,28). The van der Waals surface area contributed by atoms with Crippen molar-refractivity contribution in [2.75, 3.05) is 5.75 Å². The van der Waals surface area contributed by atoms with E-state index in [9.17, 15) is 9.59 Å². The third kappa shape index (κ3) is 4.02. The molecule has 1 unspecified atom stereocenters. The number of thioether (sulfide) groups is 1. The molecule has 0 aliphatic heterocycles. The Kier molecular flexibility index (Phi) is 5.92. The van der Waals surface area contributed by atoms with Gasteiger partial charge in [0.15, 0.2) is 5.16 Å². The van der Waals surface area contributed by atoms with Crippen LogP contribution in [0.25, 0.3) is 10.2 Å². The minimum atomic E-state index is -0.191. The number of hydrogen-bond acceptors (Lipinski definition) is 6. The van der Waals surface area contributed by atoms with E-state index in [2.05, 4.69) is 36.5 Å². The zero-order valence-electron chi connectivity index (χ0n) is 17.9. The Morgan fingerprint density at radius 3 is 2.81 bits per heavy atom. The van der Waals surface area contributed by atoms with Crippen molar-refractivity contribution in [1.82, 2.24) is 14.9 Å². The number of nitrogens with one attached hydrogen (secondary N) is 1. The third-order valence-electron chi connectivity index (χ3n) is 5.78. The molecule has 0 bridgehead atoms. The van der Waals surface area contributed by atoms with Gasteiger partial charge in [-0.3, -0.25) is 14.2 Å². The fourth-order valence-electron chi connectivity index (χ4n) is 4.10. The highest BCUT2D eigenvalue weighted by molar-refractivity contribution is 7.99. The first kappa shape index (κ1) is 21.4. The van der Waals surface area contributed by atoms with Crippen LogP contribution in [0.1, 0.15) is 38.9 Å². The molecule has 1 aliphatic carbocycles. The van der Waals surface area contributed by atoms with Gasteiger partial charge in [0, 0.05) is 16.8 Å². The van der Waals surface area contributed by atoms with Gasteiger partial charge in [-0.25, -0.2) is 4.98 Å². The van der Waals surface area contributed by atoms with Gasteiger partial charge in [0.2, 0.25) is 5.91 Å². The van der Waals surface area contributed by atoms with Crippen LogP contribution in [0, 0.1) is 6.92 Å². The highest BCUT2D eigenvalue weighted by atomic mass is 32.2. The van der Waals surface area contributed by atoms with Crippen LogP contribution < -0.4 is 10.9 Å². The third-order valence-corrected chi connectivity index (χ3v) is 8.93. The van der Waals surface area contributed by atoms with E-state index >= 15 is 0 Å². The molecule has 0 radical (unpaired) electrons. The lowest BCUT2D eigenvalue weighted by molar-refractivity contribution is -0.119. The predicted molar refractivity (Wildman–Crippen MR) is 133 cm³/mol. The summed E-state index contributed by atoms with van der Waals surface area (Å²) in [7, 11) is 1.74. The molecule has 4 aromatic rings. The van der Waals surface area contributed by atoms with E-state index in [1.54, 1.807) is 34.3 Å². The Bertz CT molecular complexity index is 1340. The molecule has 1 aromatic carbocycles. The zero-order chi connectivity index (χ0) is 22.2. The number of carbonyl (C=O) groups is 1. The first-order valence-corrected chi connectivity index (χ1v) is 13.2. The van der Waals surface area contributed by atoms with E-state index in [0.717, 1.165) is 39.9 Å². The van der Waals surface area contributed by atoms with Crippen molar-refractivity contribution in [2.24, 2.45) is 7.05 Å². The molecule has 8 heteroatoms. The Morgan fingerprint density at radius 2 is 2.06 bits per heavy atom. The van der Waals surface area contributed by atoms with Crippen LogP contribution in [0.4, 0.5) is 0 Å². The number of rotatable bonds is 6. The van der Waals surface area contributed by atoms with Crippen molar-refractivity contribution >= 4 is 50.6 Å². The summed E-state index contributed by atoms with van der Waals surface area (Å²) in [6.07, 6.45) is 3.11. The number of hydrogen-bond donors (Lipinski definition) is 1. The average Bonchev–Trinajstić information content (AvgIpc) is 3.52. The first-order valence-electron chi connectivity index (χ1n) is 10.5. The summed E-state index contributed by atoms with van der Waals surface area (Å²) in [4.78, 5) is 33.8. The molecule has 1 amide bonds. The number of carbonyl (C=O) groups excluding carboxylic acids is 1. The van der Waals surface area contributed by atoms with Gasteiger partial charge >= 0.3 is 0 Å². The molecule has 0 fully saturated rings. The molecule has 5 rings (SSSR count). The van der Waals surface area contributed by atoms with Crippen molar-refractivity contribution in [1.29, 1.82) is 0 Å². The van der Waals surface area contributed by atoms with Crippen molar-refractivity contribution in [3.05, 3.63) is 78.6 Å². The maximum absolute atomic E-state index is 13.0. The maximum Gasteiger partial charge on any atom is 0.262 e. The molecule has 5 nitrogen and oxygen atoms in total. The Balaban J connectivity index is 1.35. The van der Waals surface area contributed by atoms with Crippen molar-refractivity contribution in [3.63, 3.8) is 0 Å². The fourth-order valence-corrected chi connectivity index (χ4v) is 6.99. The lowest BCUT2D eigenvalue weighted by atomic mass is 10.0. The van der Waals surface area contributed by atoms with Gasteiger partial charge in [-0.1, -0.05) is 47.7 Å². The molecule has 1 aliphatic rings.